The average Bonchev–Trinajstić information content (AvgIpc) is 3.16. The molecule has 0 aromatic carbocycles. The van der Waals surface area contributed by atoms with Crippen LogP contribution in [0.15, 0.2) is 6.33 Å². The number of ether oxygens (including phenoxy) is 1. The normalized spacial score (nSPS) is 23.0. The second kappa shape index (κ2) is 5.74. The molecular weight excluding hydrogens is 282 g/mol. The lowest BCUT2D eigenvalue weighted by Crippen LogP contribution is -2.43. The van der Waals surface area contributed by atoms with E-state index in [1.807, 2.05) is 18.4 Å². The largest absolute Gasteiger partial charge is 0.458 e. The van der Waals surface area contributed by atoms with Crippen LogP contribution in [-0.4, -0.2) is 33.6 Å². The highest BCUT2D eigenvalue weighted by Gasteiger charge is 2.53. The van der Waals surface area contributed by atoms with Crippen molar-refractivity contribution in [3.8, 4) is 0 Å². The van der Waals surface area contributed by atoms with Crippen molar-refractivity contribution in [1.82, 2.24) is 14.9 Å². The molecular formula is C16H23N3O3. The number of carbonyl (C=O) groups excluding carboxylic acids is 2. The van der Waals surface area contributed by atoms with E-state index in [0.717, 1.165) is 37.1 Å². The Kier molecular flexibility index (Phi) is 3.93. The second-order valence-electron chi connectivity index (χ2n) is 6.40. The van der Waals surface area contributed by atoms with Crippen LogP contribution in [0.25, 0.3) is 0 Å². The van der Waals surface area contributed by atoms with Crippen molar-refractivity contribution in [3.63, 3.8) is 0 Å². The molecule has 1 atom stereocenters. The third-order valence-electron chi connectivity index (χ3n) is 5.09. The third kappa shape index (κ3) is 2.62. The van der Waals surface area contributed by atoms with E-state index in [1.54, 1.807) is 6.33 Å². The molecule has 6 nitrogen and oxygen atoms in total. The first-order chi connectivity index (χ1) is 10.5. The highest BCUT2D eigenvalue weighted by atomic mass is 16.6. The van der Waals surface area contributed by atoms with Crippen LogP contribution < -0.4 is 5.32 Å². The van der Waals surface area contributed by atoms with Crippen molar-refractivity contribution < 1.29 is 14.3 Å². The van der Waals surface area contributed by atoms with Crippen molar-refractivity contribution >= 4 is 11.9 Å². The van der Waals surface area contributed by atoms with Crippen LogP contribution >= 0.6 is 0 Å². The number of hydrogen-bond donors (Lipinski definition) is 1. The summed E-state index contributed by atoms with van der Waals surface area (Å²) >= 11 is 0. The first-order valence-electron chi connectivity index (χ1n) is 8.00. The lowest BCUT2D eigenvalue weighted by Gasteiger charge is -2.27. The second-order valence-corrected chi connectivity index (χ2v) is 6.40. The highest BCUT2D eigenvalue weighted by Crippen LogP contribution is 2.45. The molecule has 2 fully saturated rings. The molecule has 1 aromatic heterocycles. The molecule has 0 radical (unpaired) electrons. The molecule has 2 aliphatic rings. The number of amides is 1. The van der Waals surface area contributed by atoms with Crippen molar-refractivity contribution in [3.05, 3.63) is 17.7 Å². The lowest BCUT2D eigenvalue weighted by atomic mass is 9.85. The van der Waals surface area contributed by atoms with Crippen molar-refractivity contribution in [2.75, 3.05) is 6.54 Å². The van der Waals surface area contributed by atoms with E-state index in [4.69, 9.17) is 4.74 Å². The number of nitrogens with zero attached hydrogens (tertiary/aromatic N) is 2. The fourth-order valence-corrected chi connectivity index (χ4v) is 3.64. The zero-order valence-corrected chi connectivity index (χ0v) is 13.2. The molecule has 1 aliphatic heterocycles. The van der Waals surface area contributed by atoms with Crippen LogP contribution in [0.1, 0.15) is 43.5 Å². The van der Waals surface area contributed by atoms with Crippen molar-refractivity contribution in [2.24, 2.45) is 5.92 Å². The maximum atomic E-state index is 12.5. The molecule has 1 saturated carbocycles. The predicted octanol–water partition coefficient (Wildman–Crippen LogP) is 1.49. The summed E-state index contributed by atoms with van der Waals surface area (Å²) in [4.78, 5) is 28.4. The van der Waals surface area contributed by atoms with E-state index in [-0.39, 0.29) is 24.2 Å². The molecule has 1 spiro atoms. The quantitative estimate of drug-likeness (QED) is 0.855. The Morgan fingerprint density at radius 3 is 2.82 bits per heavy atom. The fraction of sp³-hybridized carbons (Fsp3) is 0.688. The SMILES string of the molecule is Cc1ncn(CCNC(=O)[C@H]2CC(=O)OC23CCCC3)c1C. The van der Waals surface area contributed by atoms with Gasteiger partial charge in [0.1, 0.15) is 5.60 Å². The molecule has 120 valence electrons. The van der Waals surface area contributed by atoms with Gasteiger partial charge >= 0.3 is 5.97 Å². The van der Waals surface area contributed by atoms with Gasteiger partial charge in [0.2, 0.25) is 5.91 Å². The van der Waals surface area contributed by atoms with Gasteiger partial charge < -0.3 is 14.6 Å². The van der Waals surface area contributed by atoms with Gasteiger partial charge in [-0.15, -0.1) is 0 Å². The Labute approximate surface area is 130 Å². The number of esters is 1. The van der Waals surface area contributed by atoms with E-state index < -0.39 is 5.60 Å². The molecule has 1 amide bonds. The number of carbonyl (C=O) groups is 2. The van der Waals surface area contributed by atoms with E-state index in [2.05, 4.69) is 10.3 Å². The van der Waals surface area contributed by atoms with Crippen LogP contribution in [0.5, 0.6) is 0 Å². The Morgan fingerprint density at radius 1 is 1.45 bits per heavy atom. The summed E-state index contributed by atoms with van der Waals surface area (Å²) in [5, 5.41) is 2.96. The van der Waals surface area contributed by atoms with Crippen molar-refractivity contribution in [2.45, 2.75) is 58.1 Å². The first-order valence-corrected chi connectivity index (χ1v) is 8.00. The minimum atomic E-state index is -0.525. The molecule has 3 rings (SSSR count). The Hall–Kier alpha value is -1.85. The molecule has 1 aliphatic carbocycles. The third-order valence-corrected chi connectivity index (χ3v) is 5.09. The molecule has 0 bridgehead atoms. The molecule has 1 N–H and O–H groups in total. The van der Waals surface area contributed by atoms with E-state index in [9.17, 15) is 9.59 Å². The number of aryl methyl sites for hydroxylation is 1. The minimum Gasteiger partial charge on any atom is -0.458 e. The van der Waals surface area contributed by atoms with Crippen LogP contribution in [0.2, 0.25) is 0 Å². The van der Waals surface area contributed by atoms with Gasteiger partial charge in [0, 0.05) is 18.8 Å². The van der Waals surface area contributed by atoms with Gasteiger partial charge in [-0.1, -0.05) is 0 Å². The topological polar surface area (TPSA) is 73.2 Å². The van der Waals surface area contributed by atoms with Crippen LogP contribution in [0, 0.1) is 19.8 Å². The van der Waals surface area contributed by atoms with E-state index in [0.29, 0.717) is 13.1 Å². The fourth-order valence-electron chi connectivity index (χ4n) is 3.64. The van der Waals surface area contributed by atoms with Gasteiger partial charge in [0.15, 0.2) is 0 Å². The summed E-state index contributed by atoms with van der Waals surface area (Å²) in [7, 11) is 0. The first kappa shape index (κ1) is 15.1. The minimum absolute atomic E-state index is 0.0535. The number of hydrogen-bond acceptors (Lipinski definition) is 4. The van der Waals surface area contributed by atoms with Gasteiger partial charge in [0.05, 0.1) is 24.4 Å². The molecule has 22 heavy (non-hydrogen) atoms. The van der Waals surface area contributed by atoms with Crippen LogP contribution in [0.3, 0.4) is 0 Å². The van der Waals surface area contributed by atoms with E-state index >= 15 is 0 Å². The molecule has 0 unspecified atom stereocenters. The number of imidazole rings is 1. The summed E-state index contributed by atoms with van der Waals surface area (Å²) in [6.45, 7) is 5.21. The summed E-state index contributed by atoms with van der Waals surface area (Å²) in [5.74, 6) is -0.613. The monoisotopic (exact) mass is 305 g/mol. The van der Waals surface area contributed by atoms with Gasteiger partial charge in [-0.05, 0) is 39.5 Å². The predicted molar refractivity (Wildman–Crippen MR) is 80.1 cm³/mol. The summed E-state index contributed by atoms with van der Waals surface area (Å²) < 4.78 is 7.54. The van der Waals surface area contributed by atoms with Crippen LogP contribution in [-0.2, 0) is 20.9 Å². The standard InChI is InChI=1S/C16H23N3O3/c1-11-12(2)19(10-18-11)8-7-17-15(21)13-9-14(20)22-16(13)5-3-4-6-16/h10,13H,3-9H2,1-2H3,(H,17,21)/t13-/m1/s1. The zero-order valence-electron chi connectivity index (χ0n) is 13.2. The Balaban J connectivity index is 1.57. The maximum Gasteiger partial charge on any atom is 0.307 e. The average molecular weight is 305 g/mol. The lowest BCUT2D eigenvalue weighted by molar-refractivity contribution is -0.149. The highest BCUT2D eigenvalue weighted by molar-refractivity contribution is 5.87. The number of rotatable bonds is 4. The molecule has 1 aromatic rings. The van der Waals surface area contributed by atoms with Crippen molar-refractivity contribution in [1.29, 1.82) is 0 Å². The number of nitrogens with one attached hydrogen (secondary N) is 1. The van der Waals surface area contributed by atoms with Gasteiger partial charge in [-0.2, -0.15) is 0 Å². The van der Waals surface area contributed by atoms with Crippen LogP contribution in [0.4, 0.5) is 0 Å². The molecule has 1 saturated heterocycles. The Morgan fingerprint density at radius 2 is 2.18 bits per heavy atom. The Bertz CT molecular complexity index is 587. The van der Waals surface area contributed by atoms with E-state index in [1.165, 1.54) is 0 Å². The van der Waals surface area contributed by atoms with Gasteiger partial charge in [-0.3, -0.25) is 9.59 Å². The smallest absolute Gasteiger partial charge is 0.307 e. The molecule has 6 heteroatoms. The number of aromatic nitrogens is 2. The maximum absolute atomic E-state index is 12.5. The summed E-state index contributed by atoms with van der Waals surface area (Å²) in [6.07, 6.45) is 5.70. The zero-order chi connectivity index (χ0) is 15.7. The van der Waals surface area contributed by atoms with Gasteiger partial charge in [-0.25, -0.2) is 4.98 Å². The summed E-state index contributed by atoms with van der Waals surface area (Å²) in [6, 6.07) is 0. The molecule has 2 heterocycles. The summed E-state index contributed by atoms with van der Waals surface area (Å²) in [5.41, 5.74) is 1.59. The van der Waals surface area contributed by atoms with Gasteiger partial charge in [0.25, 0.3) is 0 Å².